The van der Waals surface area contributed by atoms with Gasteiger partial charge >= 0.3 is 0 Å². The number of benzene rings is 3. The summed E-state index contributed by atoms with van der Waals surface area (Å²) in [6, 6.07) is 29.5. The summed E-state index contributed by atoms with van der Waals surface area (Å²) in [7, 11) is 0. The fraction of sp³-hybridized carbons (Fsp3) is 0.115. The average Bonchev–Trinajstić information content (AvgIpc) is 3.31. The summed E-state index contributed by atoms with van der Waals surface area (Å²) < 4.78 is 2.32. The molecule has 2 nitrogen and oxygen atoms in total. The van der Waals surface area contributed by atoms with E-state index in [-0.39, 0.29) is 0 Å². The van der Waals surface area contributed by atoms with Crippen LogP contribution in [0.25, 0.3) is 0 Å². The highest BCUT2D eigenvalue weighted by Gasteiger charge is 2.16. The molecule has 0 spiro atoms. The van der Waals surface area contributed by atoms with Gasteiger partial charge in [-0.25, -0.2) is 4.98 Å². The maximum atomic E-state index is 4.18. The third-order valence-electron chi connectivity index (χ3n) is 4.91. The summed E-state index contributed by atoms with van der Waals surface area (Å²) in [5.41, 5.74) is 3.99. The van der Waals surface area contributed by atoms with Crippen LogP contribution in [-0.2, 0) is 6.42 Å². The van der Waals surface area contributed by atoms with E-state index in [9.17, 15) is 0 Å². The molecule has 0 fully saturated rings. The van der Waals surface area contributed by atoms with Gasteiger partial charge in [-0.3, -0.25) is 0 Å². The number of aromatic amines is 1. The van der Waals surface area contributed by atoms with Gasteiger partial charge in [-0.1, -0.05) is 128 Å². The molecule has 0 radical (unpaired) electrons. The second-order valence-electron chi connectivity index (χ2n) is 7.20. The Kier molecular flexibility index (Phi) is 9.38. The zero-order valence-corrected chi connectivity index (χ0v) is 20.7. The van der Waals surface area contributed by atoms with E-state index >= 15 is 0 Å². The summed E-state index contributed by atoms with van der Waals surface area (Å²) in [4.78, 5) is 7.26. The molecule has 5 heteroatoms. The van der Waals surface area contributed by atoms with E-state index in [1.165, 1.54) is 21.0 Å². The van der Waals surface area contributed by atoms with Gasteiger partial charge in [0.05, 0.1) is 0 Å². The third-order valence-corrected chi connectivity index (χ3v) is 6.01. The Balaban J connectivity index is 0.000000185. The molecular formula is C26H25BBr2N2. The highest BCUT2D eigenvalue weighted by atomic mass is 79.9. The van der Waals surface area contributed by atoms with Crippen LogP contribution in [0.5, 0.6) is 0 Å². The van der Waals surface area contributed by atoms with Crippen molar-refractivity contribution in [2.24, 2.45) is 0 Å². The van der Waals surface area contributed by atoms with Crippen molar-refractivity contribution in [1.82, 2.24) is 9.97 Å². The Labute approximate surface area is 202 Å². The van der Waals surface area contributed by atoms with Gasteiger partial charge in [-0.15, -0.1) is 0 Å². The molecule has 0 amide bonds. The average molecular weight is 536 g/mol. The van der Waals surface area contributed by atoms with E-state index in [2.05, 4.69) is 122 Å². The van der Waals surface area contributed by atoms with Gasteiger partial charge in [-0.2, -0.15) is 0 Å². The van der Waals surface area contributed by atoms with Crippen LogP contribution in [0.3, 0.4) is 0 Å². The number of allylic oxidation sites excluding steroid dienone is 2. The molecule has 0 saturated carbocycles. The van der Waals surface area contributed by atoms with Crippen LogP contribution < -0.4 is 10.9 Å². The molecule has 3 aromatic carbocycles. The highest BCUT2D eigenvalue weighted by Crippen LogP contribution is 2.17. The fourth-order valence-electron chi connectivity index (χ4n) is 3.33. The lowest BCUT2D eigenvalue weighted by Crippen LogP contribution is -2.41. The highest BCUT2D eigenvalue weighted by molar-refractivity contribution is 9.11. The quantitative estimate of drug-likeness (QED) is 0.286. The molecule has 0 aliphatic carbocycles. The first-order valence-electron chi connectivity index (χ1n) is 10.3. The van der Waals surface area contributed by atoms with Crippen molar-refractivity contribution >= 4 is 49.5 Å². The predicted octanol–water partition coefficient (Wildman–Crippen LogP) is 6.36. The van der Waals surface area contributed by atoms with E-state index in [1.54, 1.807) is 6.20 Å². The Hall–Kier alpha value is -2.37. The maximum absolute atomic E-state index is 4.18. The summed E-state index contributed by atoms with van der Waals surface area (Å²) in [6.07, 6.45) is 7.71. The molecule has 0 aliphatic heterocycles. The van der Waals surface area contributed by atoms with Gasteiger partial charge in [0.1, 0.15) is 5.82 Å². The first kappa shape index (κ1) is 23.3. The molecule has 156 valence electrons. The van der Waals surface area contributed by atoms with Crippen molar-refractivity contribution in [3.8, 4) is 0 Å². The molecule has 1 N–H and O–H groups in total. The molecule has 0 unspecified atom stereocenters. The van der Waals surface area contributed by atoms with Gasteiger partial charge in [0, 0.05) is 23.3 Å². The Morgan fingerprint density at radius 2 is 1.48 bits per heavy atom. The van der Waals surface area contributed by atoms with Gasteiger partial charge in [-0.05, 0) is 29.4 Å². The van der Waals surface area contributed by atoms with Crippen LogP contribution in [0.15, 0.2) is 112 Å². The second-order valence-corrected chi connectivity index (χ2v) is 9.31. The molecule has 31 heavy (non-hydrogen) atoms. The van der Waals surface area contributed by atoms with Crippen molar-refractivity contribution in [3.05, 3.63) is 124 Å². The normalized spacial score (nSPS) is 10.9. The van der Waals surface area contributed by atoms with Gasteiger partial charge in [0.15, 0.2) is 0 Å². The van der Waals surface area contributed by atoms with Crippen molar-refractivity contribution in [3.63, 3.8) is 0 Å². The summed E-state index contributed by atoms with van der Waals surface area (Å²) in [5.74, 6) is 0.993. The topological polar surface area (TPSA) is 28.7 Å². The number of hydrogen-bond acceptors (Lipinski definition) is 1. The number of nitrogens with zero attached hydrogens (tertiary/aromatic N) is 1. The van der Waals surface area contributed by atoms with E-state index in [1.807, 2.05) is 24.4 Å². The van der Waals surface area contributed by atoms with Gasteiger partial charge in [0.2, 0.25) is 6.71 Å². The van der Waals surface area contributed by atoms with E-state index in [0.717, 1.165) is 23.0 Å². The smallest absolute Gasteiger partial charge is 0.213 e. The van der Waals surface area contributed by atoms with Crippen molar-refractivity contribution in [1.29, 1.82) is 0 Å². The Bertz CT molecular complexity index is 1020. The predicted molar refractivity (Wildman–Crippen MR) is 141 cm³/mol. The number of nitrogens with one attached hydrogen (secondary N) is 1. The summed E-state index contributed by atoms with van der Waals surface area (Å²) in [5, 5.41) is 0. The fourth-order valence-corrected chi connectivity index (χ4v) is 3.94. The molecule has 0 saturated heterocycles. The van der Waals surface area contributed by atoms with Crippen LogP contribution in [0.2, 0.25) is 6.32 Å². The second kappa shape index (κ2) is 12.5. The minimum atomic E-state index is 0.430. The van der Waals surface area contributed by atoms with Gasteiger partial charge in [0.25, 0.3) is 0 Å². The molecular weight excluding hydrogens is 511 g/mol. The van der Waals surface area contributed by atoms with E-state index in [4.69, 9.17) is 0 Å². The van der Waals surface area contributed by atoms with E-state index in [0.29, 0.717) is 6.71 Å². The van der Waals surface area contributed by atoms with Crippen LogP contribution in [0, 0.1) is 0 Å². The summed E-state index contributed by atoms with van der Waals surface area (Å²) >= 11 is 7.01. The standard InChI is InChI=1S/C16H16BBr.C10H9BrN2/c1-14(18)12-13-17(15-8-4-2-5-9-15)16-10-6-3-7-11-16;11-9-4-2-1-3-8(9)7-10-12-5-6-13-10/h2-12H,13H2,1H3;1-6H,7H2,(H,12,13). The number of rotatable bonds is 6. The lowest BCUT2D eigenvalue weighted by molar-refractivity contribution is 1.02. The lowest BCUT2D eigenvalue weighted by Gasteiger charge is -2.12. The van der Waals surface area contributed by atoms with Crippen LogP contribution in [0.1, 0.15) is 18.3 Å². The number of hydrogen-bond donors (Lipinski definition) is 1. The first-order valence-corrected chi connectivity index (χ1v) is 11.9. The van der Waals surface area contributed by atoms with E-state index < -0.39 is 0 Å². The third kappa shape index (κ3) is 7.68. The van der Waals surface area contributed by atoms with Crippen molar-refractivity contribution < 1.29 is 0 Å². The first-order chi connectivity index (χ1) is 15.1. The molecule has 4 aromatic rings. The maximum Gasteiger partial charge on any atom is 0.213 e. The number of aromatic nitrogens is 2. The SMILES string of the molecule is Brc1ccccc1Cc1ncc[nH]1.CC(Br)=CCB(c1ccccc1)c1ccccc1. The molecule has 4 rings (SSSR count). The number of H-pyrrole nitrogens is 1. The lowest BCUT2D eigenvalue weighted by atomic mass is 9.39. The minimum Gasteiger partial charge on any atom is -0.348 e. The number of imidazole rings is 1. The van der Waals surface area contributed by atoms with Gasteiger partial charge < -0.3 is 4.98 Å². The zero-order valence-electron chi connectivity index (χ0n) is 17.5. The Morgan fingerprint density at radius 3 is 2.00 bits per heavy atom. The molecule has 0 aliphatic rings. The Morgan fingerprint density at radius 1 is 0.903 bits per heavy atom. The largest absolute Gasteiger partial charge is 0.348 e. The molecule has 1 heterocycles. The van der Waals surface area contributed by atoms with Crippen molar-refractivity contribution in [2.75, 3.05) is 0 Å². The molecule has 1 aromatic heterocycles. The molecule has 0 bridgehead atoms. The molecule has 0 atom stereocenters. The summed E-state index contributed by atoms with van der Waals surface area (Å²) in [6.45, 7) is 2.51. The van der Waals surface area contributed by atoms with Crippen molar-refractivity contribution in [2.45, 2.75) is 19.7 Å². The monoisotopic (exact) mass is 534 g/mol. The van der Waals surface area contributed by atoms with Crippen LogP contribution in [-0.4, -0.2) is 16.7 Å². The zero-order chi connectivity index (χ0) is 21.9. The minimum absolute atomic E-state index is 0.430. The van der Waals surface area contributed by atoms with Crippen LogP contribution in [0.4, 0.5) is 0 Å². The number of halogens is 2. The van der Waals surface area contributed by atoms with Crippen LogP contribution >= 0.6 is 31.9 Å².